The van der Waals surface area contributed by atoms with Crippen molar-refractivity contribution in [2.75, 3.05) is 54.4 Å². The maximum Gasteiger partial charge on any atom is 0.198 e. The molecular weight excluding hydrogens is 581 g/mol. The Hall–Kier alpha value is -2.12. The molecule has 11 nitrogen and oxygen atoms in total. The van der Waals surface area contributed by atoms with Crippen LogP contribution in [0.2, 0.25) is 10.3 Å². The number of aromatic nitrogens is 4. The van der Waals surface area contributed by atoms with E-state index in [1.165, 1.54) is 19.1 Å². The molecule has 5 rings (SSSR count). The molecular formula is C23H32BrCl2N11. The van der Waals surface area contributed by atoms with Crippen molar-refractivity contribution in [3.8, 4) is 0 Å². The SMILES string of the molecule is CN(C)C1CCN(C(N)=Nc2ncnc(Cl)c2Br)C1.CN(C)C1CCN(C2=Nc3ncnc(Cl)c3C2)C1. The van der Waals surface area contributed by atoms with E-state index in [-0.39, 0.29) is 0 Å². The second kappa shape index (κ2) is 12.2. The molecule has 2 aromatic heterocycles. The first-order valence-corrected chi connectivity index (χ1v) is 13.6. The maximum absolute atomic E-state index is 6.07. The summed E-state index contributed by atoms with van der Waals surface area (Å²) in [5.41, 5.74) is 6.99. The quantitative estimate of drug-likeness (QED) is 0.317. The molecule has 0 amide bonds. The van der Waals surface area contributed by atoms with E-state index in [9.17, 15) is 0 Å². The van der Waals surface area contributed by atoms with E-state index in [0.717, 1.165) is 56.2 Å². The Morgan fingerprint density at radius 1 is 0.973 bits per heavy atom. The minimum Gasteiger partial charge on any atom is -0.369 e. The van der Waals surface area contributed by atoms with Gasteiger partial charge in [-0.15, -0.1) is 0 Å². The van der Waals surface area contributed by atoms with Crippen LogP contribution in [0.5, 0.6) is 0 Å². The number of likely N-dealkylation sites (N-methyl/N-ethyl adjacent to an activating group) is 2. The standard InChI is InChI=1S/C12H16ClN5.C11H16BrClN6/c1-17(2)8-3-4-18(6-8)10-5-9-11(13)14-7-15-12(9)16-10;1-18(2)7-3-4-19(5-7)11(14)17-10-8(12)9(13)15-6-16-10/h7-8H,3-6H2,1-2H3;6-7H,3-5H2,1-2H3,(H2,14,15,16,17). The highest BCUT2D eigenvalue weighted by atomic mass is 79.9. The van der Waals surface area contributed by atoms with Gasteiger partial charge in [0.25, 0.3) is 0 Å². The minimum absolute atomic E-state index is 0.328. The number of amidine groups is 1. The summed E-state index contributed by atoms with van der Waals surface area (Å²) in [5.74, 6) is 2.72. The topological polar surface area (TPSA) is 115 Å². The average molecular weight is 613 g/mol. The number of aliphatic imine (C=N–C) groups is 2. The van der Waals surface area contributed by atoms with E-state index >= 15 is 0 Å². The zero-order valence-electron chi connectivity index (χ0n) is 21.4. The number of rotatable bonds is 3. The number of nitrogens with zero attached hydrogens (tertiary/aromatic N) is 10. The lowest BCUT2D eigenvalue weighted by Crippen LogP contribution is -2.38. The molecule has 0 aromatic carbocycles. The Labute approximate surface area is 235 Å². The molecule has 2 fully saturated rings. The Morgan fingerprint density at radius 2 is 1.62 bits per heavy atom. The first kappa shape index (κ1) is 27.9. The van der Waals surface area contributed by atoms with Crippen molar-refractivity contribution in [2.45, 2.75) is 31.3 Å². The molecule has 0 saturated carbocycles. The Bertz CT molecular complexity index is 1170. The number of hydrogen-bond donors (Lipinski definition) is 1. The fourth-order valence-electron chi connectivity index (χ4n) is 4.50. The van der Waals surface area contributed by atoms with Crippen LogP contribution in [0.3, 0.4) is 0 Å². The van der Waals surface area contributed by atoms with Gasteiger partial charge in [-0.05, 0) is 57.0 Å². The Balaban J connectivity index is 0.000000173. The molecule has 2 unspecified atom stereocenters. The van der Waals surface area contributed by atoms with Gasteiger partial charge in [-0.3, -0.25) is 0 Å². The predicted molar refractivity (Wildman–Crippen MR) is 151 cm³/mol. The van der Waals surface area contributed by atoms with Gasteiger partial charge in [-0.2, -0.15) is 4.99 Å². The van der Waals surface area contributed by atoms with Crippen LogP contribution in [0.15, 0.2) is 27.1 Å². The zero-order valence-corrected chi connectivity index (χ0v) is 24.5. The lowest BCUT2D eigenvalue weighted by molar-refractivity contribution is 0.300. The molecule has 0 radical (unpaired) electrons. The third-order valence-corrected chi connectivity index (χ3v) is 8.44. The number of likely N-dealkylation sites (tertiary alicyclic amines) is 2. The van der Waals surface area contributed by atoms with Crippen molar-refractivity contribution in [3.05, 3.63) is 33.0 Å². The number of halogens is 3. The molecule has 2 N–H and O–H groups in total. The van der Waals surface area contributed by atoms with Gasteiger partial charge >= 0.3 is 0 Å². The third kappa shape index (κ3) is 6.66. The minimum atomic E-state index is 0.328. The highest BCUT2D eigenvalue weighted by molar-refractivity contribution is 9.10. The maximum atomic E-state index is 6.07. The second-order valence-corrected chi connectivity index (χ2v) is 11.2. The molecule has 3 aliphatic rings. The lowest BCUT2D eigenvalue weighted by Gasteiger charge is -2.21. The molecule has 2 saturated heterocycles. The smallest absolute Gasteiger partial charge is 0.198 e. The molecule has 37 heavy (non-hydrogen) atoms. The molecule has 5 heterocycles. The van der Waals surface area contributed by atoms with Gasteiger partial charge in [0.1, 0.15) is 28.8 Å². The summed E-state index contributed by atoms with van der Waals surface area (Å²) < 4.78 is 0.558. The fraction of sp³-hybridized carbons (Fsp3) is 0.565. The summed E-state index contributed by atoms with van der Waals surface area (Å²) in [6.07, 6.45) is 5.86. The van der Waals surface area contributed by atoms with E-state index in [1.54, 1.807) is 0 Å². The van der Waals surface area contributed by atoms with Crippen molar-refractivity contribution < 1.29 is 0 Å². The van der Waals surface area contributed by atoms with Crippen molar-refractivity contribution in [1.82, 2.24) is 39.5 Å². The number of hydrogen-bond acceptors (Lipinski definition) is 9. The molecule has 2 atom stereocenters. The first-order valence-electron chi connectivity index (χ1n) is 12.0. The number of fused-ring (bicyclic) bond motifs is 1. The van der Waals surface area contributed by atoms with E-state index < -0.39 is 0 Å². The average Bonchev–Trinajstić information content (AvgIpc) is 3.62. The van der Waals surface area contributed by atoms with E-state index in [2.05, 4.69) is 88.7 Å². The van der Waals surface area contributed by atoms with Gasteiger partial charge in [0.15, 0.2) is 17.6 Å². The van der Waals surface area contributed by atoms with Crippen LogP contribution in [0, 0.1) is 0 Å². The molecule has 0 aliphatic carbocycles. The summed E-state index contributed by atoms with van der Waals surface area (Å²) in [4.78, 5) is 33.8. The fourth-order valence-corrected chi connectivity index (χ4v) is 5.12. The number of guanidine groups is 1. The van der Waals surface area contributed by atoms with Gasteiger partial charge < -0.3 is 25.3 Å². The highest BCUT2D eigenvalue weighted by Gasteiger charge is 2.30. The van der Waals surface area contributed by atoms with E-state index in [1.807, 2.05) is 4.90 Å². The van der Waals surface area contributed by atoms with E-state index in [0.29, 0.717) is 38.6 Å². The third-order valence-electron chi connectivity index (χ3n) is 6.87. The van der Waals surface area contributed by atoms with Crippen molar-refractivity contribution in [3.63, 3.8) is 0 Å². The van der Waals surface area contributed by atoms with Crippen LogP contribution >= 0.6 is 39.1 Å². The van der Waals surface area contributed by atoms with Crippen LogP contribution in [-0.4, -0.2) is 118 Å². The van der Waals surface area contributed by atoms with Gasteiger partial charge in [0.2, 0.25) is 0 Å². The summed E-state index contributed by atoms with van der Waals surface area (Å²) in [5, 5.41) is 0.858. The van der Waals surface area contributed by atoms with Crippen molar-refractivity contribution >= 4 is 62.6 Å². The van der Waals surface area contributed by atoms with Crippen LogP contribution in [-0.2, 0) is 6.42 Å². The lowest BCUT2D eigenvalue weighted by atomic mass is 10.2. The summed E-state index contributed by atoms with van der Waals surface area (Å²) in [6.45, 7) is 3.86. The number of nitrogens with two attached hydrogens (primary N) is 1. The Kier molecular flexibility index (Phi) is 9.17. The largest absolute Gasteiger partial charge is 0.369 e. The Morgan fingerprint density at radius 3 is 2.27 bits per heavy atom. The molecule has 3 aliphatic heterocycles. The van der Waals surface area contributed by atoms with Crippen LogP contribution < -0.4 is 5.73 Å². The van der Waals surface area contributed by atoms with Crippen LogP contribution in [0.25, 0.3) is 0 Å². The van der Waals surface area contributed by atoms with Crippen LogP contribution in [0.4, 0.5) is 11.6 Å². The second-order valence-electron chi connectivity index (χ2n) is 9.65. The van der Waals surface area contributed by atoms with Gasteiger partial charge in [0, 0.05) is 50.2 Å². The van der Waals surface area contributed by atoms with Crippen molar-refractivity contribution in [1.29, 1.82) is 0 Å². The molecule has 0 spiro atoms. The molecule has 14 heteroatoms. The molecule has 0 bridgehead atoms. The summed E-state index contributed by atoms with van der Waals surface area (Å²) >= 11 is 15.3. The first-order chi connectivity index (χ1) is 17.6. The predicted octanol–water partition coefficient (Wildman–Crippen LogP) is 2.83. The van der Waals surface area contributed by atoms with Gasteiger partial charge in [0.05, 0.1) is 4.47 Å². The monoisotopic (exact) mass is 611 g/mol. The normalized spacial score (nSPS) is 21.4. The van der Waals surface area contributed by atoms with E-state index in [4.69, 9.17) is 28.9 Å². The van der Waals surface area contributed by atoms with Crippen molar-refractivity contribution in [2.24, 2.45) is 15.7 Å². The molecule has 2 aromatic rings. The highest BCUT2D eigenvalue weighted by Crippen LogP contribution is 2.31. The summed E-state index contributed by atoms with van der Waals surface area (Å²) in [7, 11) is 8.40. The van der Waals surface area contributed by atoms with Gasteiger partial charge in [-0.25, -0.2) is 24.9 Å². The molecule has 200 valence electrons. The zero-order chi connectivity index (χ0) is 26.7. The summed E-state index contributed by atoms with van der Waals surface area (Å²) in [6, 6.07) is 1.11. The van der Waals surface area contributed by atoms with Crippen LogP contribution in [0.1, 0.15) is 18.4 Å². The van der Waals surface area contributed by atoms with Gasteiger partial charge in [-0.1, -0.05) is 23.2 Å².